The van der Waals surface area contributed by atoms with E-state index >= 15 is 0 Å². The van der Waals surface area contributed by atoms with E-state index in [1.54, 1.807) is 0 Å². The van der Waals surface area contributed by atoms with Gasteiger partial charge in [-0.1, -0.05) is 18.2 Å². The fourth-order valence-electron chi connectivity index (χ4n) is 2.26. The molecule has 1 aromatic carbocycles. The first-order valence-electron chi connectivity index (χ1n) is 6.86. The zero-order valence-corrected chi connectivity index (χ0v) is 12.3. The molecule has 0 unspecified atom stereocenters. The molecule has 0 saturated carbocycles. The molecule has 0 aliphatic heterocycles. The zero-order chi connectivity index (χ0) is 14.5. The second-order valence-corrected chi connectivity index (χ2v) is 4.88. The molecule has 0 aliphatic carbocycles. The quantitative estimate of drug-likeness (QED) is 0.756. The van der Waals surface area contributed by atoms with Gasteiger partial charge in [0.1, 0.15) is 0 Å². The van der Waals surface area contributed by atoms with Crippen LogP contribution in [0.2, 0.25) is 0 Å². The van der Waals surface area contributed by atoms with Crippen LogP contribution in [0.1, 0.15) is 19.0 Å². The van der Waals surface area contributed by atoms with Gasteiger partial charge in [-0.25, -0.2) is 0 Å². The molecule has 108 valence electrons. The Balaban J connectivity index is 1.99. The van der Waals surface area contributed by atoms with Crippen molar-refractivity contribution < 1.29 is 9.53 Å². The van der Waals surface area contributed by atoms with Gasteiger partial charge in [0, 0.05) is 25.5 Å². The normalized spacial score (nSPS) is 11.2. The lowest BCUT2D eigenvalue weighted by Gasteiger charge is -2.14. The molecule has 0 fully saturated rings. The van der Waals surface area contributed by atoms with E-state index < -0.39 is 0 Å². The van der Waals surface area contributed by atoms with Crippen LogP contribution in [0.5, 0.6) is 0 Å². The number of esters is 1. The number of nitrogens with zero attached hydrogens (tertiary/aromatic N) is 3. The molecular formula is C15H21N3O2. The predicted octanol–water partition coefficient (Wildman–Crippen LogP) is 1.96. The molecule has 5 nitrogen and oxygen atoms in total. The molecular weight excluding hydrogens is 254 g/mol. The van der Waals surface area contributed by atoms with Gasteiger partial charge in [0.15, 0.2) is 0 Å². The molecule has 1 aromatic heterocycles. The van der Waals surface area contributed by atoms with Crippen molar-refractivity contribution in [2.24, 2.45) is 7.05 Å². The van der Waals surface area contributed by atoms with Crippen LogP contribution in [-0.4, -0.2) is 40.8 Å². The molecule has 0 aliphatic rings. The van der Waals surface area contributed by atoms with E-state index in [2.05, 4.69) is 22.1 Å². The summed E-state index contributed by atoms with van der Waals surface area (Å²) < 4.78 is 6.82. The fourth-order valence-corrected chi connectivity index (χ4v) is 2.26. The average Bonchev–Trinajstić information content (AvgIpc) is 2.74. The minimum absolute atomic E-state index is 0.148. The summed E-state index contributed by atoms with van der Waals surface area (Å²) in [5.74, 6) is -0.148. The van der Waals surface area contributed by atoms with Gasteiger partial charge in [-0.05, 0) is 20.0 Å². The van der Waals surface area contributed by atoms with Gasteiger partial charge in [0.05, 0.1) is 24.2 Å². The molecule has 0 N–H and O–H groups in total. The first kappa shape index (κ1) is 14.5. The molecule has 0 saturated heterocycles. The number of hydrogen-bond donors (Lipinski definition) is 0. The zero-order valence-electron chi connectivity index (χ0n) is 12.3. The third kappa shape index (κ3) is 3.36. The molecule has 2 rings (SSSR count). The Hall–Kier alpha value is -1.88. The van der Waals surface area contributed by atoms with Gasteiger partial charge >= 0.3 is 5.97 Å². The third-order valence-corrected chi connectivity index (χ3v) is 3.26. The maximum Gasteiger partial charge on any atom is 0.307 e. The predicted molar refractivity (Wildman–Crippen MR) is 78.3 cm³/mol. The summed E-state index contributed by atoms with van der Waals surface area (Å²) in [6, 6.07) is 8.17. The van der Waals surface area contributed by atoms with Crippen molar-refractivity contribution in [2.45, 2.75) is 19.9 Å². The van der Waals surface area contributed by atoms with Gasteiger partial charge in [-0.3, -0.25) is 14.4 Å². The van der Waals surface area contributed by atoms with Crippen molar-refractivity contribution in [2.75, 3.05) is 20.2 Å². The van der Waals surface area contributed by atoms with E-state index in [-0.39, 0.29) is 5.97 Å². The van der Waals surface area contributed by atoms with E-state index in [9.17, 15) is 4.79 Å². The van der Waals surface area contributed by atoms with Crippen LogP contribution in [0.4, 0.5) is 0 Å². The second kappa shape index (κ2) is 6.52. The number of fused-ring (bicyclic) bond motifs is 1. The Morgan fingerprint density at radius 1 is 1.40 bits per heavy atom. The highest BCUT2D eigenvalue weighted by atomic mass is 16.5. The van der Waals surface area contributed by atoms with Crippen LogP contribution in [0.15, 0.2) is 24.3 Å². The van der Waals surface area contributed by atoms with Crippen molar-refractivity contribution in [3.63, 3.8) is 0 Å². The number of aromatic nitrogens is 2. The van der Waals surface area contributed by atoms with E-state index in [0.717, 1.165) is 23.1 Å². The lowest BCUT2D eigenvalue weighted by molar-refractivity contribution is -0.143. The molecule has 1 heterocycles. The van der Waals surface area contributed by atoms with Crippen LogP contribution in [0.3, 0.4) is 0 Å². The molecule has 5 heteroatoms. The Labute approximate surface area is 119 Å². The molecule has 0 atom stereocenters. The summed E-state index contributed by atoms with van der Waals surface area (Å²) in [6.45, 7) is 3.65. The molecule has 0 spiro atoms. The Morgan fingerprint density at radius 2 is 2.15 bits per heavy atom. The third-order valence-electron chi connectivity index (χ3n) is 3.26. The van der Waals surface area contributed by atoms with Crippen LogP contribution >= 0.6 is 0 Å². The summed E-state index contributed by atoms with van der Waals surface area (Å²) in [4.78, 5) is 13.4. The Kier molecular flexibility index (Phi) is 4.74. The van der Waals surface area contributed by atoms with E-state index in [4.69, 9.17) is 4.74 Å². The number of carbonyl (C=O) groups excluding carboxylic acids is 1. The maximum atomic E-state index is 11.3. The van der Waals surface area contributed by atoms with Gasteiger partial charge < -0.3 is 4.74 Å². The fraction of sp³-hybridized carbons (Fsp3) is 0.467. The van der Waals surface area contributed by atoms with Crippen LogP contribution in [0, 0.1) is 0 Å². The molecule has 0 amide bonds. The topological polar surface area (TPSA) is 47.4 Å². The number of benzene rings is 1. The van der Waals surface area contributed by atoms with Crippen molar-refractivity contribution in [3.05, 3.63) is 30.0 Å². The number of aryl methyl sites for hydroxylation is 1. The molecule has 0 bridgehead atoms. The monoisotopic (exact) mass is 275 g/mol. The maximum absolute atomic E-state index is 11.3. The van der Waals surface area contributed by atoms with E-state index in [0.29, 0.717) is 19.6 Å². The number of carbonyl (C=O) groups is 1. The lowest BCUT2D eigenvalue weighted by atomic mass is 10.2. The first-order chi connectivity index (χ1) is 9.61. The molecule has 0 radical (unpaired) electrons. The standard InChI is InChI=1S/C15H21N3O2/c1-4-20-15(19)9-10-17(2)11-13-12-7-5-6-8-14(12)18(3)16-13/h5-8H,4,9-11H2,1-3H3. The van der Waals surface area contributed by atoms with Crippen molar-refractivity contribution in [1.82, 2.24) is 14.7 Å². The van der Waals surface area contributed by atoms with Gasteiger partial charge in [0.2, 0.25) is 0 Å². The summed E-state index contributed by atoms with van der Waals surface area (Å²) >= 11 is 0. The number of para-hydroxylation sites is 1. The molecule has 2 aromatic rings. The van der Waals surface area contributed by atoms with Crippen LogP contribution in [-0.2, 0) is 23.1 Å². The highest BCUT2D eigenvalue weighted by Crippen LogP contribution is 2.18. The lowest BCUT2D eigenvalue weighted by Crippen LogP contribution is -2.22. The summed E-state index contributed by atoms with van der Waals surface area (Å²) in [7, 11) is 3.94. The van der Waals surface area contributed by atoms with Crippen LogP contribution < -0.4 is 0 Å². The summed E-state index contributed by atoms with van der Waals surface area (Å²) in [5, 5.41) is 5.72. The van der Waals surface area contributed by atoms with Gasteiger partial charge in [-0.2, -0.15) is 5.10 Å². The summed E-state index contributed by atoms with van der Waals surface area (Å²) in [5.41, 5.74) is 2.16. The number of rotatable bonds is 6. The van der Waals surface area contributed by atoms with Crippen molar-refractivity contribution in [3.8, 4) is 0 Å². The Bertz CT molecular complexity index is 592. The SMILES string of the molecule is CCOC(=O)CCN(C)Cc1nn(C)c2ccccc12. The highest BCUT2D eigenvalue weighted by Gasteiger charge is 2.11. The smallest absolute Gasteiger partial charge is 0.307 e. The minimum Gasteiger partial charge on any atom is -0.466 e. The van der Waals surface area contributed by atoms with Gasteiger partial charge in [0.25, 0.3) is 0 Å². The Morgan fingerprint density at radius 3 is 2.90 bits per heavy atom. The highest BCUT2D eigenvalue weighted by molar-refractivity contribution is 5.81. The molecule has 20 heavy (non-hydrogen) atoms. The van der Waals surface area contributed by atoms with Gasteiger partial charge in [-0.15, -0.1) is 0 Å². The second-order valence-electron chi connectivity index (χ2n) is 4.88. The first-order valence-corrected chi connectivity index (χ1v) is 6.86. The minimum atomic E-state index is -0.148. The van der Waals surface area contributed by atoms with Crippen molar-refractivity contribution >= 4 is 16.9 Å². The van der Waals surface area contributed by atoms with Crippen LogP contribution in [0.25, 0.3) is 10.9 Å². The average molecular weight is 275 g/mol. The van der Waals surface area contributed by atoms with E-state index in [1.807, 2.05) is 37.8 Å². The van der Waals surface area contributed by atoms with Crippen molar-refractivity contribution in [1.29, 1.82) is 0 Å². The number of hydrogen-bond acceptors (Lipinski definition) is 4. The largest absolute Gasteiger partial charge is 0.466 e. The summed E-state index contributed by atoms with van der Waals surface area (Å²) in [6.07, 6.45) is 0.412. The van der Waals surface area contributed by atoms with E-state index in [1.165, 1.54) is 0 Å². The number of ether oxygens (including phenoxy) is 1.